The van der Waals surface area contributed by atoms with Crippen molar-refractivity contribution in [3.05, 3.63) is 47.8 Å². The van der Waals surface area contributed by atoms with Crippen LogP contribution in [0.25, 0.3) is 0 Å². The van der Waals surface area contributed by atoms with E-state index in [1.165, 1.54) is 18.2 Å². The molecule has 8 heteroatoms. The summed E-state index contributed by atoms with van der Waals surface area (Å²) < 4.78 is 50.9. The average Bonchev–Trinajstić information content (AvgIpc) is 2.52. The number of ether oxygens (including phenoxy) is 2. The van der Waals surface area contributed by atoms with Crippen LogP contribution in [-0.4, -0.2) is 33.8 Å². The number of hydrogen-bond acceptors (Lipinski definition) is 5. The fourth-order valence-corrected chi connectivity index (χ4v) is 3.12. The Hall–Kier alpha value is -2.32. The number of phenolic OH excluding ortho intramolecular Hbond substituents is 1. The van der Waals surface area contributed by atoms with Crippen molar-refractivity contribution in [1.82, 2.24) is 0 Å². The largest absolute Gasteiger partial charge is 0.508 e. The number of phenols is 1. The van der Waals surface area contributed by atoms with Crippen LogP contribution in [0.2, 0.25) is 0 Å². The van der Waals surface area contributed by atoms with Crippen LogP contribution in [-0.2, 0) is 14.8 Å². The van der Waals surface area contributed by atoms with E-state index < -0.39 is 15.8 Å². The Balaban J connectivity index is 2.23. The predicted octanol–water partition coefficient (Wildman–Crippen LogP) is 2.67. The first kappa shape index (κ1) is 18.0. The Labute approximate surface area is 139 Å². The van der Waals surface area contributed by atoms with Crippen LogP contribution < -0.4 is 9.46 Å². The van der Waals surface area contributed by atoms with Crippen molar-refractivity contribution >= 4 is 15.7 Å². The van der Waals surface area contributed by atoms with Gasteiger partial charge in [-0.25, -0.2) is 12.8 Å². The third-order valence-electron chi connectivity index (χ3n) is 3.20. The topological polar surface area (TPSA) is 84.9 Å². The average molecular weight is 355 g/mol. The molecule has 0 spiro atoms. The second-order valence-corrected chi connectivity index (χ2v) is 6.72. The van der Waals surface area contributed by atoms with E-state index in [-0.39, 0.29) is 16.3 Å². The van der Waals surface area contributed by atoms with Crippen LogP contribution in [0.4, 0.5) is 10.1 Å². The Morgan fingerprint density at radius 3 is 2.58 bits per heavy atom. The van der Waals surface area contributed by atoms with E-state index in [9.17, 15) is 17.9 Å². The molecule has 0 bridgehead atoms. The minimum Gasteiger partial charge on any atom is -0.508 e. The van der Waals surface area contributed by atoms with Crippen LogP contribution >= 0.6 is 0 Å². The van der Waals surface area contributed by atoms with Crippen molar-refractivity contribution < 1.29 is 27.4 Å². The van der Waals surface area contributed by atoms with Crippen LogP contribution in [0.5, 0.6) is 11.5 Å². The summed E-state index contributed by atoms with van der Waals surface area (Å²) in [5, 5.41) is 9.36. The number of aryl methyl sites for hydroxylation is 1. The normalized spacial score (nSPS) is 11.3. The summed E-state index contributed by atoms with van der Waals surface area (Å²) in [5.41, 5.74) is 0.290. The SMILES string of the molecule is COCCOc1ccc(S(=O)(=O)Nc2cc(O)ccc2F)cc1C. The predicted molar refractivity (Wildman–Crippen MR) is 87.4 cm³/mol. The summed E-state index contributed by atoms with van der Waals surface area (Å²) in [6, 6.07) is 7.41. The molecule has 0 aliphatic carbocycles. The summed E-state index contributed by atoms with van der Waals surface area (Å²) in [6.45, 7) is 2.46. The maximum atomic E-state index is 13.7. The molecule has 0 aliphatic rings. The van der Waals surface area contributed by atoms with Crippen LogP contribution in [0.3, 0.4) is 0 Å². The molecule has 2 aromatic rings. The van der Waals surface area contributed by atoms with Gasteiger partial charge in [-0.05, 0) is 42.8 Å². The molecule has 0 aromatic heterocycles. The van der Waals surface area contributed by atoms with Gasteiger partial charge >= 0.3 is 0 Å². The fraction of sp³-hybridized carbons (Fsp3) is 0.250. The zero-order valence-corrected chi connectivity index (χ0v) is 14.1. The molecule has 2 rings (SSSR count). The van der Waals surface area contributed by atoms with Crippen molar-refractivity contribution in [3.63, 3.8) is 0 Å². The highest BCUT2D eigenvalue weighted by Gasteiger charge is 2.18. The summed E-state index contributed by atoms with van der Waals surface area (Å²) in [7, 11) is -2.44. The van der Waals surface area contributed by atoms with E-state index in [0.717, 1.165) is 18.2 Å². The monoisotopic (exact) mass is 355 g/mol. The molecule has 0 unspecified atom stereocenters. The molecule has 0 radical (unpaired) electrons. The Morgan fingerprint density at radius 1 is 1.17 bits per heavy atom. The first-order valence-electron chi connectivity index (χ1n) is 7.07. The second kappa shape index (κ2) is 7.50. The van der Waals surface area contributed by atoms with Gasteiger partial charge in [0.15, 0.2) is 0 Å². The number of rotatable bonds is 7. The van der Waals surface area contributed by atoms with Gasteiger partial charge < -0.3 is 14.6 Å². The van der Waals surface area contributed by atoms with Crippen LogP contribution in [0.1, 0.15) is 5.56 Å². The smallest absolute Gasteiger partial charge is 0.262 e. The number of halogens is 1. The molecule has 24 heavy (non-hydrogen) atoms. The minimum absolute atomic E-state index is 0.0400. The molecule has 2 N–H and O–H groups in total. The first-order valence-corrected chi connectivity index (χ1v) is 8.55. The second-order valence-electron chi connectivity index (χ2n) is 5.04. The van der Waals surface area contributed by atoms with Gasteiger partial charge in [-0.1, -0.05) is 0 Å². The Kier molecular flexibility index (Phi) is 5.63. The molecule has 130 valence electrons. The van der Waals surface area contributed by atoms with Gasteiger partial charge in [0.1, 0.15) is 23.9 Å². The van der Waals surface area contributed by atoms with E-state index in [4.69, 9.17) is 9.47 Å². The number of benzene rings is 2. The van der Waals surface area contributed by atoms with Gasteiger partial charge in [0, 0.05) is 13.2 Å². The zero-order valence-electron chi connectivity index (χ0n) is 13.2. The molecule has 0 heterocycles. The van der Waals surface area contributed by atoms with Gasteiger partial charge in [0.05, 0.1) is 17.2 Å². The lowest BCUT2D eigenvalue weighted by atomic mass is 10.2. The fourth-order valence-electron chi connectivity index (χ4n) is 1.98. The molecule has 0 atom stereocenters. The van der Waals surface area contributed by atoms with Crippen molar-refractivity contribution in [2.24, 2.45) is 0 Å². The molecule has 0 saturated heterocycles. The standard InChI is InChI=1S/C16H18FNO5S/c1-11-9-13(4-6-16(11)23-8-7-22-2)24(20,21)18-15-10-12(19)3-5-14(15)17/h3-6,9-10,18-19H,7-8H2,1-2H3. The summed E-state index contributed by atoms with van der Waals surface area (Å²) >= 11 is 0. The maximum Gasteiger partial charge on any atom is 0.262 e. The summed E-state index contributed by atoms with van der Waals surface area (Å²) in [5.74, 6) is -0.491. The van der Waals surface area contributed by atoms with Crippen molar-refractivity contribution in [1.29, 1.82) is 0 Å². The minimum atomic E-state index is -4.00. The summed E-state index contributed by atoms with van der Waals surface area (Å²) in [4.78, 5) is -0.0400. The third-order valence-corrected chi connectivity index (χ3v) is 4.56. The quantitative estimate of drug-likeness (QED) is 0.746. The van der Waals surface area contributed by atoms with E-state index in [2.05, 4.69) is 4.72 Å². The Morgan fingerprint density at radius 2 is 1.92 bits per heavy atom. The highest BCUT2D eigenvalue weighted by atomic mass is 32.2. The lowest BCUT2D eigenvalue weighted by Gasteiger charge is -2.12. The number of sulfonamides is 1. The van der Waals surface area contributed by atoms with Crippen LogP contribution in [0.15, 0.2) is 41.3 Å². The molecule has 0 aliphatic heterocycles. The Bertz CT molecular complexity index is 823. The highest BCUT2D eigenvalue weighted by Crippen LogP contribution is 2.26. The number of hydrogen-bond donors (Lipinski definition) is 2. The molecule has 6 nitrogen and oxygen atoms in total. The van der Waals surface area contributed by atoms with Crippen molar-refractivity contribution in [3.8, 4) is 11.5 Å². The van der Waals surface area contributed by atoms with Gasteiger partial charge in [-0.15, -0.1) is 0 Å². The molecular formula is C16H18FNO5S. The lowest BCUT2D eigenvalue weighted by Crippen LogP contribution is -2.14. The zero-order chi connectivity index (χ0) is 17.7. The van der Waals surface area contributed by atoms with E-state index in [1.807, 2.05) is 0 Å². The van der Waals surface area contributed by atoms with Gasteiger partial charge in [-0.3, -0.25) is 4.72 Å². The molecule has 0 saturated carbocycles. The van der Waals surface area contributed by atoms with Gasteiger partial charge in [0.25, 0.3) is 10.0 Å². The van der Waals surface area contributed by atoms with Gasteiger partial charge in [0.2, 0.25) is 0 Å². The first-order chi connectivity index (χ1) is 11.3. The van der Waals surface area contributed by atoms with Crippen LogP contribution in [0, 0.1) is 12.7 Å². The van der Waals surface area contributed by atoms with E-state index >= 15 is 0 Å². The molecule has 0 fully saturated rings. The highest BCUT2D eigenvalue weighted by molar-refractivity contribution is 7.92. The number of nitrogens with one attached hydrogen (secondary N) is 1. The van der Waals surface area contributed by atoms with Gasteiger partial charge in [-0.2, -0.15) is 0 Å². The third kappa shape index (κ3) is 4.36. The lowest BCUT2D eigenvalue weighted by molar-refractivity contribution is 0.146. The number of aromatic hydroxyl groups is 1. The van der Waals surface area contributed by atoms with Crippen molar-refractivity contribution in [2.75, 3.05) is 25.0 Å². The summed E-state index contributed by atoms with van der Waals surface area (Å²) in [6.07, 6.45) is 0. The number of methoxy groups -OCH3 is 1. The maximum absolute atomic E-state index is 13.7. The van der Waals surface area contributed by atoms with Crippen molar-refractivity contribution in [2.45, 2.75) is 11.8 Å². The van der Waals surface area contributed by atoms with E-state index in [0.29, 0.717) is 24.5 Å². The number of anilines is 1. The molecule has 2 aromatic carbocycles. The molecule has 0 amide bonds. The van der Waals surface area contributed by atoms with E-state index in [1.54, 1.807) is 14.0 Å². The molecular weight excluding hydrogens is 337 g/mol.